The maximum absolute atomic E-state index is 0. The summed E-state index contributed by atoms with van der Waals surface area (Å²) in [5.74, 6) is 0. The van der Waals surface area contributed by atoms with Crippen LogP contribution < -0.4 is 0 Å². The fraction of sp³-hybridized carbons (Fsp3) is 0. The zero-order chi connectivity index (χ0) is 0. The van der Waals surface area contributed by atoms with Gasteiger partial charge in [0.25, 0.3) is 0 Å². The summed E-state index contributed by atoms with van der Waals surface area (Å²) in [5.41, 5.74) is 0. The molecule has 0 aromatic heterocycles. The zero-order valence-corrected chi connectivity index (χ0v) is 4.12. The standard InChI is InChI=1S/3Ga.2Ti.9H. The van der Waals surface area contributed by atoms with Crippen LogP contribution in [0.1, 0.15) is 0 Å². The van der Waals surface area contributed by atoms with Crippen LogP contribution in [-0.2, 0) is 43.4 Å². The summed E-state index contributed by atoms with van der Waals surface area (Å²) in [6, 6.07) is 0. The Morgan fingerprint density at radius 2 is 0.400 bits per heavy atom. The fourth-order valence-corrected chi connectivity index (χ4v) is 0. The molecule has 0 nitrogen and oxygen atoms in total. The molecule has 0 atom stereocenters. The second-order valence-corrected chi connectivity index (χ2v) is 0. The van der Waals surface area contributed by atoms with Gasteiger partial charge in [-0.1, -0.05) is 0 Å². The molecule has 0 aliphatic rings. The van der Waals surface area contributed by atoms with Crippen LogP contribution in [0.5, 0.6) is 0 Å². The molecule has 0 aliphatic heterocycles. The molecule has 26 valence electrons. The van der Waals surface area contributed by atoms with Crippen molar-refractivity contribution < 1.29 is 43.4 Å². The minimum Gasteiger partial charge on any atom is 0 e. The number of hydrogen-bond donors (Lipinski definition) is 0. The first-order valence-electron chi connectivity index (χ1n) is 0. The first-order valence-corrected chi connectivity index (χ1v) is 0. The average molecular weight is 314 g/mol. The van der Waals surface area contributed by atoms with E-state index in [-0.39, 0.29) is 103 Å². The first kappa shape index (κ1) is 40.3. The Balaban J connectivity index is 0. The van der Waals surface area contributed by atoms with Crippen LogP contribution in [0.4, 0.5) is 0 Å². The summed E-state index contributed by atoms with van der Waals surface area (Å²) in [5, 5.41) is 0. The van der Waals surface area contributed by atoms with Gasteiger partial charge in [-0.2, -0.15) is 0 Å². The molecule has 0 radical (unpaired) electrons. The van der Waals surface area contributed by atoms with Crippen molar-refractivity contribution in [1.29, 1.82) is 0 Å². The minimum atomic E-state index is 0. The van der Waals surface area contributed by atoms with Gasteiger partial charge in [-0.25, -0.2) is 0 Å². The Kier molecular flexibility index (Phi) is 213. The number of rotatable bonds is 0. The second-order valence-electron chi connectivity index (χ2n) is 0. The molecule has 0 spiro atoms. The van der Waals surface area contributed by atoms with Crippen molar-refractivity contribution in [3.8, 4) is 0 Å². The van der Waals surface area contributed by atoms with Crippen molar-refractivity contribution in [2.75, 3.05) is 0 Å². The average Bonchev–Trinajstić information content (AvgIpc) is 0. The van der Waals surface area contributed by atoms with Crippen molar-refractivity contribution >= 4 is 59.4 Å². The molecule has 0 aromatic carbocycles. The van der Waals surface area contributed by atoms with Gasteiger partial charge in [-0.05, 0) is 0 Å². The molecule has 0 bridgehead atoms. The van der Waals surface area contributed by atoms with Crippen molar-refractivity contribution in [2.45, 2.75) is 0 Å². The third-order valence-electron chi connectivity index (χ3n) is 0. The molecule has 5 heavy (non-hydrogen) atoms. The van der Waals surface area contributed by atoms with Gasteiger partial charge in [0.1, 0.15) is 0 Å². The Morgan fingerprint density at radius 1 is 0.400 bits per heavy atom. The van der Waals surface area contributed by atoms with Gasteiger partial charge >= 0.3 is 59.4 Å². The van der Waals surface area contributed by atoms with E-state index in [1.165, 1.54) is 0 Å². The molecule has 0 aromatic rings. The predicted molar refractivity (Wildman–Crippen MR) is 29.8 cm³/mol. The summed E-state index contributed by atoms with van der Waals surface area (Å²) < 4.78 is 0. The van der Waals surface area contributed by atoms with Crippen LogP contribution in [-0.4, -0.2) is 59.4 Å². The molecule has 0 saturated carbocycles. The van der Waals surface area contributed by atoms with E-state index in [0.717, 1.165) is 0 Å². The maximum Gasteiger partial charge on any atom is 0 e. The second kappa shape index (κ2) is 26.5. The van der Waals surface area contributed by atoms with Crippen LogP contribution in [0.25, 0.3) is 0 Å². The molecular weight excluding hydrogens is 305 g/mol. The summed E-state index contributed by atoms with van der Waals surface area (Å²) in [4.78, 5) is 0. The van der Waals surface area contributed by atoms with E-state index in [0.29, 0.717) is 0 Å². The minimum absolute atomic E-state index is 0. The first-order chi connectivity index (χ1) is 0. The molecule has 0 N–H and O–H groups in total. The third-order valence-corrected chi connectivity index (χ3v) is 0. The van der Waals surface area contributed by atoms with Crippen LogP contribution in [0, 0.1) is 0 Å². The summed E-state index contributed by atoms with van der Waals surface area (Å²) in [6.45, 7) is 0. The van der Waals surface area contributed by atoms with E-state index in [9.17, 15) is 0 Å². The molecule has 0 unspecified atom stereocenters. The quantitative estimate of drug-likeness (QED) is 0.406. The van der Waals surface area contributed by atoms with E-state index in [4.69, 9.17) is 0 Å². The molecule has 0 aliphatic carbocycles. The number of hydrogen-bond acceptors (Lipinski definition) is 0. The van der Waals surface area contributed by atoms with Crippen LogP contribution in [0.2, 0.25) is 0 Å². The van der Waals surface area contributed by atoms with Crippen molar-refractivity contribution in [3.05, 3.63) is 0 Å². The van der Waals surface area contributed by atoms with Crippen molar-refractivity contribution in [2.24, 2.45) is 0 Å². The molecule has 5 heteroatoms. The Hall–Kier alpha value is 3.34. The van der Waals surface area contributed by atoms with E-state index in [1.807, 2.05) is 0 Å². The Labute approximate surface area is 101 Å². The summed E-state index contributed by atoms with van der Waals surface area (Å²) >= 11 is 0. The van der Waals surface area contributed by atoms with Crippen molar-refractivity contribution in [3.63, 3.8) is 0 Å². The molecule has 0 rings (SSSR count). The molecule has 0 saturated heterocycles. The van der Waals surface area contributed by atoms with Gasteiger partial charge < -0.3 is 0 Å². The van der Waals surface area contributed by atoms with E-state index in [1.54, 1.807) is 0 Å². The van der Waals surface area contributed by atoms with E-state index < -0.39 is 0 Å². The summed E-state index contributed by atoms with van der Waals surface area (Å²) in [7, 11) is 0. The third kappa shape index (κ3) is 18.8. The van der Waals surface area contributed by atoms with Crippen LogP contribution in [0.3, 0.4) is 0 Å². The normalized spacial score (nSPS) is 0. The molecular formula is H9Ga3Ti2. The Morgan fingerprint density at radius 3 is 0.400 bits per heavy atom. The van der Waals surface area contributed by atoms with Crippen LogP contribution in [0.15, 0.2) is 0 Å². The van der Waals surface area contributed by atoms with Crippen LogP contribution >= 0.6 is 0 Å². The molecule has 0 fully saturated rings. The largest absolute Gasteiger partial charge is 0 e. The van der Waals surface area contributed by atoms with E-state index >= 15 is 0 Å². The zero-order valence-electron chi connectivity index (χ0n) is 1.00. The predicted octanol–water partition coefficient (Wildman–Crippen LogP) is -3.56. The topological polar surface area (TPSA) is 0 Å². The van der Waals surface area contributed by atoms with Crippen molar-refractivity contribution in [1.82, 2.24) is 0 Å². The summed E-state index contributed by atoms with van der Waals surface area (Å²) in [6.07, 6.45) is 0. The van der Waals surface area contributed by atoms with E-state index in [2.05, 4.69) is 0 Å². The van der Waals surface area contributed by atoms with Gasteiger partial charge in [0.15, 0.2) is 0 Å². The van der Waals surface area contributed by atoms with Gasteiger partial charge in [-0.3, -0.25) is 0 Å². The van der Waals surface area contributed by atoms with Gasteiger partial charge in [0, 0.05) is 43.4 Å². The molecule has 0 amide bonds. The molecule has 0 heterocycles. The maximum atomic E-state index is 0. The SMILES string of the molecule is [GaH3].[GaH3].[GaH3].[Ti].[Ti]. The van der Waals surface area contributed by atoms with Gasteiger partial charge in [-0.15, -0.1) is 0 Å². The Bertz CT molecular complexity index is 4.85. The van der Waals surface area contributed by atoms with Gasteiger partial charge in [0.05, 0.1) is 0 Å². The smallest absolute Gasteiger partial charge is 0 e. The monoisotopic (exact) mass is 312 g/mol. The van der Waals surface area contributed by atoms with Gasteiger partial charge in [0.2, 0.25) is 0 Å². The fourth-order valence-electron chi connectivity index (χ4n) is 0.